The van der Waals surface area contributed by atoms with Crippen molar-refractivity contribution in [2.75, 3.05) is 24.2 Å². The molecule has 0 unspecified atom stereocenters. The van der Waals surface area contributed by atoms with E-state index in [2.05, 4.69) is 15.6 Å². The molecule has 0 aliphatic rings. The van der Waals surface area contributed by atoms with Gasteiger partial charge in [0.15, 0.2) is 0 Å². The minimum absolute atomic E-state index is 0.0369. The molecule has 1 heterocycles. The number of hydrogen-bond acceptors (Lipinski definition) is 5. The third-order valence-corrected chi connectivity index (χ3v) is 2.82. The molecule has 0 bridgehead atoms. The average molecular weight is 272 g/mol. The molecule has 0 radical (unpaired) electrons. The molecule has 4 N–H and O–H groups in total. The van der Waals surface area contributed by atoms with Gasteiger partial charge in [-0.2, -0.15) is 0 Å². The summed E-state index contributed by atoms with van der Waals surface area (Å²) in [5.41, 5.74) is 1.01. The van der Waals surface area contributed by atoms with Crippen molar-refractivity contribution in [1.29, 1.82) is 0 Å². The molecule has 0 saturated heterocycles. The van der Waals surface area contributed by atoms with Crippen LogP contribution in [0.1, 0.15) is 17.4 Å². The second-order valence-corrected chi connectivity index (χ2v) is 5.32. The number of aromatic nitrogens is 1. The molecule has 1 amide bonds. The summed E-state index contributed by atoms with van der Waals surface area (Å²) in [6, 6.07) is 3.33. The lowest BCUT2D eigenvalue weighted by atomic mass is 10.3. The summed E-state index contributed by atoms with van der Waals surface area (Å²) in [5.74, 6) is -0.732. The highest BCUT2D eigenvalue weighted by Crippen LogP contribution is 2.07. The van der Waals surface area contributed by atoms with Crippen molar-refractivity contribution in [3.63, 3.8) is 0 Å². The zero-order valence-electron chi connectivity index (χ0n) is 10.0. The van der Waals surface area contributed by atoms with Gasteiger partial charge in [0.25, 0.3) is 5.91 Å². The zero-order chi connectivity index (χ0) is 13.6. The fourth-order valence-electron chi connectivity index (χ4n) is 1.27. The molecular formula is C10H16N4O3S. The van der Waals surface area contributed by atoms with E-state index in [9.17, 15) is 13.2 Å². The van der Waals surface area contributed by atoms with Crippen LogP contribution in [0.4, 0.5) is 5.69 Å². The molecule has 0 atom stereocenters. The number of anilines is 1. The van der Waals surface area contributed by atoms with Crippen molar-refractivity contribution < 1.29 is 13.2 Å². The number of nitrogens with two attached hydrogens (primary N) is 1. The van der Waals surface area contributed by atoms with Crippen LogP contribution in [0.15, 0.2) is 18.3 Å². The number of nitrogens with zero attached hydrogens (tertiary/aromatic N) is 1. The Morgan fingerprint density at radius 3 is 2.83 bits per heavy atom. The van der Waals surface area contributed by atoms with Crippen LogP contribution in [0.25, 0.3) is 0 Å². The lowest BCUT2D eigenvalue weighted by Gasteiger charge is -2.06. The summed E-state index contributed by atoms with van der Waals surface area (Å²) in [6.07, 6.45) is 1.51. The summed E-state index contributed by atoms with van der Waals surface area (Å²) >= 11 is 0. The summed E-state index contributed by atoms with van der Waals surface area (Å²) in [4.78, 5) is 15.6. The molecule has 0 aromatic carbocycles. The number of carbonyl (C=O) groups excluding carboxylic acids is 1. The maximum Gasteiger partial charge on any atom is 0.269 e. The van der Waals surface area contributed by atoms with Crippen molar-refractivity contribution >= 4 is 21.6 Å². The summed E-state index contributed by atoms with van der Waals surface area (Å²) in [6.45, 7) is 2.63. The number of rotatable bonds is 6. The van der Waals surface area contributed by atoms with Gasteiger partial charge in [-0.1, -0.05) is 0 Å². The van der Waals surface area contributed by atoms with Crippen LogP contribution in [0.5, 0.6) is 0 Å². The van der Waals surface area contributed by atoms with Gasteiger partial charge in [-0.3, -0.25) is 9.78 Å². The molecule has 1 aromatic rings. The van der Waals surface area contributed by atoms with Crippen molar-refractivity contribution in [2.45, 2.75) is 6.92 Å². The van der Waals surface area contributed by atoms with Gasteiger partial charge in [-0.25, -0.2) is 13.6 Å². The van der Waals surface area contributed by atoms with Crippen molar-refractivity contribution in [3.05, 3.63) is 24.0 Å². The monoisotopic (exact) mass is 272 g/mol. The molecule has 18 heavy (non-hydrogen) atoms. The first-order valence-electron chi connectivity index (χ1n) is 5.41. The van der Waals surface area contributed by atoms with Crippen LogP contribution < -0.4 is 15.8 Å². The van der Waals surface area contributed by atoms with Crippen LogP contribution in [0.2, 0.25) is 0 Å². The first-order chi connectivity index (χ1) is 8.42. The molecule has 100 valence electrons. The van der Waals surface area contributed by atoms with E-state index in [1.807, 2.05) is 6.92 Å². The van der Waals surface area contributed by atoms with Gasteiger partial charge in [0.2, 0.25) is 10.0 Å². The second kappa shape index (κ2) is 6.31. The van der Waals surface area contributed by atoms with E-state index < -0.39 is 15.9 Å². The van der Waals surface area contributed by atoms with Crippen LogP contribution in [0.3, 0.4) is 0 Å². The lowest BCUT2D eigenvalue weighted by molar-refractivity contribution is 0.0951. The van der Waals surface area contributed by atoms with Crippen LogP contribution >= 0.6 is 0 Å². The van der Waals surface area contributed by atoms with E-state index in [0.29, 0.717) is 0 Å². The molecule has 7 nitrogen and oxygen atoms in total. The Hall–Kier alpha value is -1.67. The molecule has 0 aliphatic heterocycles. The standard InChI is InChI=1S/C10H16N4O3S/c1-2-12-8-3-4-13-9(7-8)10(15)14-5-6-18(11,16)17/h3-4,7H,2,5-6H2,1H3,(H,12,13)(H,14,15)(H2,11,16,17). The predicted molar refractivity (Wildman–Crippen MR) is 68.7 cm³/mol. The Balaban J connectivity index is 2.58. The molecule has 0 spiro atoms. The second-order valence-electron chi connectivity index (χ2n) is 3.58. The third-order valence-electron chi connectivity index (χ3n) is 2.05. The van der Waals surface area contributed by atoms with E-state index in [1.165, 1.54) is 6.20 Å². The minimum Gasteiger partial charge on any atom is -0.385 e. The Morgan fingerprint density at radius 2 is 2.22 bits per heavy atom. The highest BCUT2D eigenvalue weighted by Gasteiger charge is 2.09. The summed E-state index contributed by atoms with van der Waals surface area (Å²) in [7, 11) is -3.57. The molecule has 1 rings (SSSR count). The smallest absolute Gasteiger partial charge is 0.269 e. The molecule has 1 aromatic heterocycles. The van der Waals surface area contributed by atoms with Gasteiger partial charge >= 0.3 is 0 Å². The van der Waals surface area contributed by atoms with E-state index >= 15 is 0 Å². The first kappa shape index (κ1) is 14.4. The van der Waals surface area contributed by atoms with Gasteiger partial charge < -0.3 is 10.6 Å². The maximum absolute atomic E-state index is 11.6. The molecule has 0 aliphatic carbocycles. The topological polar surface area (TPSA) is 114 Å². The van der Waals surface area contributed by atoms with Crippen LogP contribution in [-0.4, -0.2) is 38.2 Å². The SMILES string of the molecule is CCNc1ccnc(C(=O)NCCS(N)(=O)=O)c1. The lowest BCUT2D eigenvalue weighted by Crippen LogP contribution is -2.31. The number of nitrogens with one attached hydrogen (secondary N) is 2. The van der Waals surface area contributed by atoms with Crippen molar-refractivity contribution in [1.82, 2.24) is 10.3 Å². The van der Waals surface area contributed by atoms with E-state index in [4.69, 9.17) is 5.14 Å². The van der Waals surface area contributed by atoms with Crippen LogP contribution in [-0.2, 0) is 10.0 Å². The maximum atomic E-state index is 11.6. The Morgan fingerprint density at radius 1 is 1.50 bits per heavy atom. The highest BCUT2D eigenvalue weighted by molar-refractivity contribution is 7.89. The first-order valence-corrected chi connectivity index (χ1v) is 7.12. The van der Waals surface area contributed by atoms with Crippen molar-refractivity contribution in [3.8, 4) is 0 Å². The highest BCUT2D eigenvalue weighted by atomic mass is 32.2. The van der Waals surface area contributed by atoms with Gasteiger partial charge in [-0.15, -0.1) is 0 Å². The normalized spacial score (nSPS) is 11.0. The third kappa shape index (κ3) is 5.11. The van der Waals surface area contributed by atoms with Gasteiger partial charge in [-0.05, 0) is 19.1 Å². The van der Waals surface area contributed by atoms with Gasteiger partial charge in [0.1, 0.15) is 5.69 Å². The van der Waals surface area contributed by atoms with Gasteiger partial charge in [0, 0.05) is 25.0 Å². The number of sulfonamides is 1. The molecule has 0 fully saturated rings. The molecule has 8 heteroatoms. The fourth-order valence-corrected chi connectivity index (χ4v) is 1.65. The summed E-state index contributed by atoms with van der Waals surface area (Å²) in [5, 5.41) is 10.3. The van der Waals surface area contributed by atoms with E-state index in [-0.39, 0.29) is 18.0 Å². The summed E-state index contributed by atoms with van der Waals surface area (Å²) < 4.78 is 21.4. The quantitative estimate of drug-likeness (QED) is 0.648. The number of hydrogen-bond donors (Lipinski definition) is 3. The number of pyridine rings is 1. The van der Waals surface area contributed by atoms with Gasteiger partial charge in [0.05, 0.1) is 5.75 Å². The minimum atomic E-state index is -3.57. The number of primary sulfonamides is 1. The number of amides is 1. The van der Waals surface area contributed by atoms with E-state index in [1.54, 1.807) is 12.1 Å². The molecular weight excluding hydrogens is 256 g/mol. The largest absolute Gasteiger partial charge is 0.385 e. The fraction of sp³-hybridized carbons (Fsp3) is 0.400. The Bertz CT molecular complexity index is 516. The van der Waals surface area contributed by atoms with Crippen LogP contribution in [0, 0.1) is 0 Å². The number of carbonyl (C=O) groups is 1. The zero-order valence-corrected chi connectivity index (χ0v) is 10.8. The average Bonchev–Trinajstić information content (AvgIpc) is 2.28. The Kier molecular flexibility index (Phi) is 5.05. The van der Waals surface area contributed by atoms with E-state index in [0.717, 1.165) is 12.2 Å². The van der Waals surface area contributed by atoms with Crippen molar-refractivity contribution in [2.24, 2.45) is 5.14 Å². The Labute approximate surface area is 106 Å². The molecule has 0 saturated carbocycles. The predicted octanol–water partition coefficient (Wildman–Crippen LogP) is -0.468.